The Bertz CT molecular complexity index is 596. The van der Waals surface area contributed by atoms with Gasteiger partial charge in [-0.25, -0.2) is 0 Å². The Kier molecular flexibility index (Phi) is 6.91. The molecular formula is C19H26NO3+. The topological polar surface area (TPSA) is 55.3 Å². The van der Waals surface area contributed by atoms with Gasteiger partial charge in [0.1, 0.15) is 13.2 Å². The standard InChI is InChI=1S/C19H25NO3/c1-3-22-19-12-17(13-20-10-11-21)8-9-18(19)23-14-16-6-4-15(2)5-7-16/h4-9,12,20-21H,3,10-11,13-14H2,1-2H3/p+1. The largest absolute Gasteiger partial charge is 0.490 e. The van der Waals surface area contributed by atoms with Crippen LogP contribution in [-0.4, -0.2) is 24.9 Å². The lowest BCUT2D eigenvalue weighted by molar-refractivity contribution is -0.671. The van der Waals surface area contributed by atoms with E-state index in [9.17, 15) is 0 Å². The van der Waals surface area contributed by atoms with Crippen LogP contribution in [0.3, 0.4) is 0 Å². The van der Waals surface area contributed by atoms with Crippen molar-refractivity contribution >= 4 is 0 Å². The normalized spacial score (nSPS) is 10.6. The van der Waals surface area contributed by atoms with Gasteiger partial charge in [-0.15, -0.1) is 0 Å². The summed E-state index contributed by atoms with van der Waals surface area (Å²) in [5.41, 5.74) is 3.54. The zero-order chi connectivity index (χ0) is 16.5. The minimum Gasteiger partial charge on any atom is -0.490 e. The second kappa shape index (κ2) is 9.18. The van der Waals surface area contributed by atoms with Crippen molar-refractivity contribution in [3.05, 3.63) is 59.2 Å². The van der Waals surface area contributed by atoms with Gasteiger partial charge in [0.15, 0.2) is 11.5 Å². The quantitative estimate of drug-likeness (QED) is 0.696. The SMILES string of the molecule is CCOc1cc(C[NH2+]CCO)ccc1OCc1ccc(C)cc1. The van der Waals surface area contributed by atoms with Crippen molar-refractivity contribution in [1.82, 2.24) is 0 Å². The van der Waals surface area contributed by atoms with Crippen molar-refractivity contribution in [2.45, 2.75) is 27.0 Å². The minimum absolute atomic E-state index is 0.191. The summed E-state index contributed by atoms with van der Waals surface area (Å²) in [6.45, 7) is 6.88. The lowest BCUT2D eigenvalue weighted by Crippen LogP contribution is -2.83. The summed E-state index contributed by atoms with van der Waals surface area (Å²) in [7, 11) is 0. The van der Waals surface area contributed by atoms with E-state index in [2.05, 4.69) is 36.5 Å². The number of aliphatic hydroxyl groups is 1. The Hall–Kier alpha value is -2.04. The maximum absolute atomic E-state index is 8.85. The van der Waals surface area contributed by atoms with Gasteiger partial charge in [0.05, 0.1) is 19.8 Å². The number of aryl methyl sites for hydroxylation is 1. The summed E-state index contributed by atoms with van der Waals surface area (Å²) in [6.07, 6.45) is 0. The second-order valence-electron chi connectivity index (χ2n) is 5.49. The van der Waals surface area contributed by atoms with E-state index >= 15 is 0 Å². The maximum Gasteiger partial charge on any atom is 0.161 e. The molecule has 4 nitrogen and oxygen atoms in total. The highest BCUT2D eigenvalue weighted by atomic mass is 16.5. The van der Waals surface area contributed by atoms with E-state index in [0.29, 0.717) is 19.8 Å². The molecule has 0 atom stereocenters. The van der Waals surface area contributed by atoms with Crippen molar-refractivity contribution in [2.24, 2.45) is 0 Å². The molecule has 2 rings (SSSR count). The Morgan fingerprint density at radius 2 is 1.70 bits per heavy atom. The highest BCUT2D eigenvalue weighted by Crippen LogP contribution is 2.29. The molecular weight excluding hydrogens is 290 g/mol. The summed E-state index contributed by atoms with van der Waals surface area (Å²) in [5.74, 6) is 1.54. The van der Waals surface area contributed by atoms with Gasteiger partial charge >= 0.3 is 0 Å². The van der Waals surface area contributed by atoms with Crippen molar-refractivity contribution in [3.8, 4) is 11.5 Å². The van der Waals surface area contributed by atoms with Crippen LogP contribution >= 0.6 is 0 Å². The molecule has 0 unspecified atom stereocenters. The first-order valence-electron chi connectivity index (χ1n) is 8.09. The predicted octanol–water partition coefficient (Wildman–Crippen LogP) is 2.03. The van der Waals surface area contributed by atoms with Gasteiger partial charge < -0.3 is 19.9 Å². The fourth-order valence-electron chi connectivity index (χ4n) is 2.27. The molecule has 0 heterocycles. The van der Waals surface area contributed by atoms with Crippen molar-refractivity contribution in [2.75, 3.05) is 19.8 Å². The first-order valence-corrected chi connectivity index (χ1v) is 8.09. The second-order valence-corrected chi connectivity index (χ2v) is 5.49. The van der Waals surface area contributed by atoms with Crippen LogP contribution in [-0.2, 0) is 13.2 Å². The molecule has 4 heteroatoms. The predicted molar refractivity (Wildman–Crippen MR) is 90.7 cm³/mol. The molecule has 2 aromatic rings. The first-order chi connectivity index (χ1) is 11.2. The number of benzene rings is 2. The van der Waals surface area contributed by atoms with E-state index < -0.39 is 0 Å². The van der Waals surface area contributed by atoms with Crippen molar-refractivity contribution in [1.29, 1.82) is 0 Å². The summed E-state index contributed by atoms with van der Waals surface area (Å²) >= 11 is 0. The van der Waals surface area contributed by atoms with Gasteiger partial charge in [-0.1, -0.05) is 29.8 Å². The smallest absolute Gasteiger partial charge is 0.161 e. The fourth-order valence-corrected chi connectivity index (χ4v) is 2.27. The van der Waals surface area contributed by atoms with Gasteiger partial charge in [-0.05, 0) is 37.6 Å². The first kappa shape index (κ1) is 17.3. The monoisotopic (exact) mass is 316 g/mol. The Balaban J connectivity index is 2.02. The molecule has 0 saturated carbocycles. The number of aliphatic hydroxyl groups excluding tert-OH is 1. The number of nitrogens with two attached hydrogens (primary N) is 1. The molecule has 3 N–H and O–H groups in total. The zero-order valence-corrected chi connectivity index (χ0v) is 13.9. The number of rotatable bonds is 9. The third-order valence-corrected chi connectivity index (χ3v) is 3.54. The van der Waals surface area contributed by atoms with Crippen LogP contribution in [0, 0.1) is 6.92 Å². The van der Waals surface area contributed by atoms with E-state index in [1.165, 1.54) is 5.56 Å². The number of hydrogen-bond acceptors (Lipinski definition) is 3. The molecule has 0 radical (unpaired) electrons. The molecule has 0 fully saturated rings. The zero-order valence-electron chi connectivity index (χ0n) is 13.9. The van der Waals surface area contributed by atoms with Crippen LogP contribution in [0.1, 0.15) is 23.6 Å². The molecule has 0 amide bonds. The lowest BCUT2D eigenvalue weighted by atomic mass is 10.1. The number of hydrogen-bond donors (Lipinski definition) is 2. The summed E-state index contributed by atoms with van der Waals surface area (Å²) < 4.78 is 11.6. The Morgan fingerprint density at radius 3 is 2.39 bits per heavy atom. The minimum atomic E-state index is 0.191. The summed E-state index contributed by atoms with van der Waals surface area (Å²) in [4.78, 5) is 0. The number of quaternary nitrogens is 1. The van der Waals surface area contributed by atoms with Crippen LogP contribution in [0.5, 0.6) is 11.5 Å². The fraction of sp³-hybridized carbons (Fsp3) is 0.368. The van der Waals surface area contributed by atoms with Crippen LogP contribution < -0.4 is 14.8 Å². The molecule has 0 aliphatic carbocycles. The van der Waals surface area contributed by atoms with Crippen molar-refractivity contribution in [3.63, 3.8) is 0 Å². The molecule has 23 heavy (non-hydrogen) atoms. The van der Waals surface area contributed by atoms with Gasteiger partial charge in [0.25, 0.3) is 0 Å². The molecule has 0 saturated heterocycles. The van der Waals surface area contributed by atoms with E-state index in [4.69, 9.17) is 14.6 Å². The summed E-state index contributed by atoms with van der Waals surface area (Å²) in [5, 5.41) is 10.9. The molecule has 124 valence electrons. The van der Waals surface area contributed by atoms with E-state index in [1.54, 1.807) is 0 Å². The molecule has 2 aromatic carbocycles. The Labute approximate surface area is 138 Å². The van der Waals surface area contributed by atoms with E-state index in [1.807, 2.05) is 25.1 Å². The highest BCUT2D eigenvalue weighted by molar-refractivity contribution is 5.43. The lowest BCUT2D eigenvalue weighted by Gasteiger charge is -2.13. The molecule has 0 spiro atoms. The van der Waals surface area contributed by atoms with Crippen LogP contribution in [0.2, 0.25) is 0 Å². The summed E-state index contributed by atoms with van der Waals surface area (Å²) in [6, 6.07) is 14.3. The van der Waals surface area contributed by atoms with Gasteiger partial charge in [-0.2, -0.15) is 0 Å². The van der Waals surface area contributed by atoms with E-state index in [0.717, 1.165) is 29.2 Å². The van der Waals surface area contributed by atoms with E-state index in [-0.39, 0.29) is 6.61 Å². The van der Waals surface area contributed by atoms with Crippen LogP contribution in [0.15, 0.2) is 42.5 Å². The van der Waals surface area contributed by atoms with Crippen LogP contribution in [0.25, 0.3) is 0 Å². The average molecular weight is 316 g/mol. The highest BCUT2D eigenvalue weighted by Gasteiger charge is 2.08. The van der Waals surface area contributed by atoms with Gasteiger partial charge in [0, 0.05) is 5.56 Å². The molecule has 0 aliphatic rings. The Morgan fingerprint density at radius 1 is 0.957 bits per heavy atom. The third kappa shape index (κ3) is 5.58. The maximum atomic E-state index is 8.85. The molecule has 0 aliphatic heterocycles. The van der Waals surface area contributed by atoms with Crippen molar-refractivity contribution < 1.29 is 19.9 Å². The molecule has 0 bridgehead atoms. The molecule has 0 aromatic heterocycles. The van der Waals surface area contributed by atoms with Crippen LogP contribution in [0.4, 0.5) is 0 Å². The average Bonchev–Trinajstić information content (AvgIpc) is 2.56. The van der Waals surface area contributed by atoms with Gasteiger partial charge in [-0.3, -0.25) is 0 Å². The third-order valence-electron chi connectivity index (χ3n) is 3.54. The van der Waals surface area contributed by atoms with Gasteiger partial charge in [0.2, 0.25) is 0 Å². The number of ether oxygens (including phenoxy) is 2.